The van der Waals surface area contributed by atoms with Crippen molar-refractivity contribution in [2.24, 2.45) is 0 Å². The van der Waals surface area contributed by atoms with Gasteiger partial charge in [0.25, 0.3) is 5.91 Å². The number of hydrogen-bond acceptors (Lipinski definition) is 4. The second-order valence-electron chi connectivity index (χ2n) is 7.01. The van der Waals surface area contributed by atoms with E-state index >= 15 is 0 Å². The van der Waals surface area contributed by atoms with Crippen molar-refractivity contribution in [2.75, 3.05) is 13.1 Å². The van der Waals surface area contributed by atoms with Crippen LogP contribution in [0.2, 0.25) is 5.02 Å². The van der Waals surface area contributed by atoms with E-state index < -0.39 is 17.1 Å². The first-order valence-corrected chi connectivity index (χ1v) is 9.79. The van der Waals surface area contributed by atoms with Crippen molar-refractivity contribution < 1.29 is 9.90 Å². The number of carbonyl (C=O) groups is 1. The van der Waals surface area contributed by atoms with Gasteiger partial charge in [0.15, 0.2) is 11.4 Å². The fourth-order valence-corrected chi connectivity index (χ4v) is 4.16. The summed E-state index contributed by atoms with van der Waals surface area (Å²) in [6.07, 6.45) is 1.06. The van der Waals surface area contributed by atoms with Crippen LogP contribution in [-0.4, -0.2) is 38.8 Å². The van der Waals surface area contributed by atoms with E-state index in [1.807, 2.05) is 61.5 Å². The van der Waals surface area contributed by atoms with Gasteiger partial charge in [-0.3, -0.25) is 14.3 Å². The number of benzene rings is 2. The Hall–Kier alpha value is -3.12. The smallest absolute Gasteiger partial charge is 0.276 e. The summed E-state index contributed by atoms with van der Waals surface area (Å²) in [7, 11) is 0. The van der Waals surface area contributed by atoms with Crippen LogP contribution in [-0.2, 0) is 0 Å². The summed E-state index contributed by atoms with van der Waals surface area (Å²) in [5.41, 5.74) is 1.25. The van der Waals surface area contributed by atoms with Gasteiger partial charge >= 0.3 is 0 Å². The van der Waals surface area contributed by atoms with Crippen LogP contribution in [0, 0.1) is 0 Å². The van der Waals surface area contributed by atoms with E-state index in [0.29, 0.717) is 18.1 Å². The monoisotopic (exact) mass is 409 g/mol. The second kappa shape index (κ2) is 7.72. The molecule has 0 bridgehead atoms. The number of aromatic hydroxyl groups is 1. The Morgan fingerprint density at radius 2 is 1.86 bits per heavy atom. The average Bonchev–Trinajstić information content (AvgIpc) is 2.73. The first-order valence-electron chi connectivity index (χ1n) is 9.41. The molecule has 0 saturated carbocycles. The molecule has 0 unspecified atom stereocenters. The van der Waals surface area contributed by atoms with Crippen LogP contribution in [0.4, 0.5) is 0 Å². The highest BCUT2D eigenvalue weighted by Crippen LogP contribution is 2.39. The van der Waals surface area contributed by atoms with Crippen LogP contribution in [0.5, 0.6) is 5.75 Å². The van der Waals surface area contributed by atoms with Gasteiger partial charge in [0.05, 0.1) is 12.2 Å². The summed E-state index contributed by atoms with van der Waals surface area (Å²) in [5, 5.41) is 15.2. The summed E-state index contributed by atoms with van der Waals surface area (Å²) in [6, 6.07) is 17.1. The van der Waals surface area contributed by atoms with E-state index in [9.17, 15) is 14.7 Å². The predicted octanol–water partition coefficient (Wildman–Crippen LogP) is 3.45. The number of fused-ring (bicyclic) bond motifs is 1. The summed E-state index contributed by atoms with van der Waals surface area (Å²) in [6.45, 7) is 2.71. The maximum absolute atomic E-state index is 12.9. The summed E-state index contributed by atoms with van der Waals surface area (Å²) < 4.78 is 1.49. The van der Waals surface area contributed by atoms with Crippen LogP contribution < -0.4 is 5.43 Å². The van der Waals surface area contributed by atoms with E-state index in [2.05, 4.69) is 5.10 Å². The van der Waals surface area contributed by atoms with E-state index in [1.54, 1.807) is 4.90 Å². The molecule has 0 spiro atoms. The molecule has 1 amide bonds. The maximum Gasteiger partial charge on any atom is 0.276 e. The molecule has 1 aromatic heterocycles. The zero-order valence-electron chi connectivity index (χ0n) is 15.8. The third kappa shape index (κ3) is 3.40. The number of rotatable bonds is 4. The Balaban J connectivity index is 1.96. The lowest BCUT2D eigenvalue weighted by Gasteiger charge is -2.38. The van der Waals surface area contributed by atoms with E-state index in [0.717, 1.165) is 17.3 Å². The topological polar surface area (TPSA) is 75.4 Å². The molecular weight excluding hydrogens is 390 g/mol. The maximum atomic E-state index is 12.9. The Morgan fingerprint density at radius 3 is 2.55 bits per heavy atom. The van der Waals surface area contributed by atoms with Crippen molar-refractivity contribution in [1.82, 2.24) is 14.7 Å². The van der Waals surface area contributed by atoms with Gasteiger partial charge in [0, 0.05) is 24.0 Å². The van der Waals surface area contributed by atoms with Gasteiger partial charge < -0.3 is 10.0 Å². The van der Waals surface area contributed by atoms with E-state index in [1.165, 1.54) is 4.68 Å². The van der Waals surface area contributed by atoms with Crippen LogP contribution in [0.3, 0.4) is 0 Å². The first kappa shape index (κ1) is 19.2. The van der Waals surface area contributed by atoms with Crippen LogP contribution >= 0.6 is 11.6 Å². The third-order valence-corrected chi connectivity index (χ3v) is 5.57. The molecule has 6 nitrogen and oxygen atoms in total. The number of amides is 1. The van der Waals surface area contributed by atoms with Gasteiger partial charge in [-0.2, -0.15) is 5.10 Å². The Bertz CT molecular complexity index is 1110. The van der Waals surface area contributed by atoms with Gasteiger partial charge in [0.2, 0.25) is 5.43 Å². The average molecular weight is 410 g/mol. The minimum absolute atomic E-state index is 0.0708. The number of carbonyl (C=O) groups excluding carboxylic acids is 1. The molecule has 2 aromatic carbocycles. The first-order chi connectivity index (χ1) is 14.0. The van der Waals surface area contributed by atoms with Gasteiger partial charge in [0.1, 0.15) is 0 Å². The molecule has 29 heavy (non-hydrogen) atoms. The molecular formula is C22H20ClN3O3. The van der Waals surface area contributed by atoms with Crippen molar-refractivity contribution in [3.8, 4) is 5.75 Å². The lowest BCUT2D eigenvalue weighted by Crippen LogP contribution is -2.46. The normalized spacial score (nSPS) is 17.1. The lowest BCUT2D eigenvalue weighted by atomic mass is 9.83. The summed E-state index contributed by atoms with van der Waals surface area (Å²) >= 11 is 6.27. The minimum Gasteiger partial charge on any atom is -0.502 e. The van der Waals surface area contributed by atoms with Crippen molar-refractivity contribution in [1.29, 1.82) is 0 Å². The molecule has 7 heteroatoms. The Kier molecular flexibility index (Phi) is 5.11. The Morgan fingerprint density at radius 1 is 1.14 bits per heavy atom. The highest BCUT2D eigenvalue weighted by molar-refractivity contribution is 6.30. The zero-order chi connectivity index (χ0) is 20.5. The number of halogens is 1. The van der Waals surface area contributed by atoms with E-state index in [4.69, 9.17) is 11.6 Å². The molecule has 0 fully saturated rings. The molecule has 2 heterocycles. The van der Waals surface area contributed by atoms with Crippen molar-refractivity contribution >= 4 is 17.5 Å². The van der Waals surface area contributed by atoms with Gasteiger partial charge in [-0.05, 0) is 30.2 Å². The number of hydrogen-bond donors (Lipinski definition) is 1. The SMILES string of the molecule is CCN1C[C@H]([C@H](c2ccccc2)c2cccc(Cl)c2)n2ncc(=O)c(O)c2C1=O. The fraction of sp³-hybridized carbons (Fsp3) is 0.227. The Labute approximate surface area is 173 Å². The number of nitrogens with zero attached hydrogens (tertiary/aromatic N) is 3. The van der Waals surface area contributed by atoms with E-state index in [-0.39, 0.29) is 17.7 Å². The standard InChI is InChI=1S/C22H20ClN3O3/c1-2-25-13-17(26-20(22(25)29)21(28)18(27)12-24-26)19(14-7-4-3-5-8-14)15-9-6-10-16(23)11-15/h3-12,17,19,28H,2,13H2,1H3/t17-,19-/m1/s1. The van der Waals surface area contributed by atoms with Crippen molar-refractivity contribution in [3.63, 3.8) is 0 Å². The highest BCUT2D eigenvalue weighted by atomic mass is 35.5. The molecule has 1 N–H and O–H groups in total. The largest absolute Gasteiger partial charge is 0.502 e. The molecule has 0 radical (unpaired) electrons. The van der Waals surface area contributed by atoms with Crippen molar-refractivity contribution in [3.05, 3.63) is 92.9 Å². The molecule has 1 aliphatic heterocycles. The minimum atomic E-state index is -0.666. The molecule has 3 aromatic rings. The van der Waals surface area contributed by atoms with Gasteiger partial charge in [-0.1, -0.05) is 54.1 Å². The predicted molar refractivity (Wildman–Crippen MR) is 111 cm³/mol. The molecule has 148 valence electrons. The van der Waals surface area contributed by atoms with Crippen LogP contribution in [0.25, 0.3) is 0 Å². The summed E-state index contributed by atoms with van der Waals surface area (Å²) in [4.78, 5) is 26.5. The lowest BCUT2D eigenvalue weighted by molar-refractivity contribution is 0.0646. The molecule has 0 saturated heterocycles. The highest BCUT2D eigenvalue weighted by Gasteiger charge is 2.39. The molecule has 1 aliphatic rings. The number of likely N-dealkylation sites (N-methyl/N-ethyl adjacent to an activating group) is 1. The third-order valence-electron chi connectivity index (χ3n) is 5.33. The molecule has 2 atom stereocenters. The second-order valence-corrected chi connectivity index (χ2v) is 7.44. The van der Waals surface area contributed by atoms with Crippen LogP contribution in [0.1, 0.15) is 40.5 Å². The quantitative estimate of drug-likeness (QED) is 0.716. The number of aromatic nitrogens is 2. The van der Waals surface area contributed by atoms with Crippen LogP contribution in [0.15, 0.2) is 65.6 Å². The van der Waals surface area contributed by atoms with Crippen molar-refractivity contribution in [2.45, 2.75) is 18.9 Å². The van der Waals surface area contributed by atoms with Gasteiger partial charge in [-0.15, -0.1) is 0 Å². The fourth-order valence-electron chi connectivity index (χ4n) is 3.96. The molecule has 0 aliphatic carbocycles. The zero-order valence-corrected chi connectivity index (χ0v) is 16.6. The summed E-state index contributed by atoms with van der Waals surface area (Å²) in [5.74, 6) is -1.15. The molecule has 4 rings (SSSR count). The van der Waals surface area contributed by atoms with Gasteiger partial charge in [-0.25, -0.2) is 0 Å².